The molecule has 1 spiro atoms. The number of rotatable bonds is 3. The molecule has 2 heterocycles. The van der Waals surface area contributed by atoms with Crippen LogP contribution in [0.4, 0.5) is 4.79 Å². The second-order valence-corrected chi connectivity index (χ2v) is 8.91. The first kappa shape index (κ1) is 18.2. The molecule has 0 aromatic carbocycles. The van der Waals surface area contributed by atoms with Crippen molar-refractivity contribution in [2.75, 3.05) is 26.7 Å². The van der Waals surface area contributed by atoms with E-state index < -0.39 is 11.6 Å². The molecule has 0 bridgehead atoms. The highest BCUT2D eigenvalue weighted by Crippen LogP contribution is 2.46. The largest absolute Gasteiger partial charge is 0.340 e. The topological polar surface area (TPSA) is 81.8 Å². The predicted octanol–water partition coefficient (Wildman–Crippen LogP) is 0.944. The van der Waals surface area contributed by atoms with Crippen molar-refractivity contribution in [1.82, 2.24) is 20.4 Å². The molecule has 0 aromatic heterocycles. The molecule has 3 atom stereocenters. The van der Waals surface area contributed by atoms with Gasteiger partial charge in [0.25, 0.3) is 5.91 Å². The fourth-order valence-electron chi connectivity index (χ4n) is 5.07. The van der Waals surface area contributed by atoms with Crippen molar-refractivity contribution in [2.24, 2.45) is 11.3 Å². The first-order valence-electron chi connectivity index (χ1n) is 9.24. The maximum atomic E-state index is 13.1. The highest BCUT2D eigenvalue weighted by Gasteiger charge is 2.56. The molecule has 3 rings (SSSR count). The molecule has 2 N–H and O–H groups in total. The van der Waals surface area contributed by atoms with Gasteiger partial charge in [-0.1, -0.05) is 20.8 Å². The lowest BCUT2D eigenvalue weighted by Crippen LogP contribution is -2.54. The van der Waals surface area contributed by atoms with Crippen LogP contribution in [0.3, 0.4) is 0 Å². The monoisotopic (exact) mass is 350 g/mol. The van der Waals surface area contributed by atoms with E-state index in [4.69, 9.17) is 0 Å². The van der Waals surface area contributed by atoms with Gasteiger partial charge in [0, 0.05) is 19.6 Å². The van der Waals surface area contributed by atoms with Gasteiger partial charge < -0.3 is 15.5 Å². The van der Waals surface area contributed by atoms with E-state index in [2.05, 4.69) is 31.4 Å². The first-order chi connectivity index (χ1) is 11.6. The third-order valence-electron chi connectivity index (χ3n) is 5.89. The van der Waals surface area contributed by atoms with Gasteiger partial charge in [0.15, 0.2) is 0 Å². The quantitative estimate of drug-likeness (QED) is 0.743. The summed E-state index contributed by atoms with van der Waals surface area (Å²) in [4.78, 5) is 40.9. The third-order valence-corrected chi connectivity index (χ3v) is 5.89. The van der Waals surface area contributed by atoms with Gasteiger partial charge in [0.05, 0.1) is 0 Å². The predicted molar refractivity (Wildman–Crippen MR) is 93.8 cm³/mol. The number of nitrogens with zero attached hydrogens (tertiary/aromatic N) is 2. The summed E-state index contributed by atoms with van der Waals surface area (Å²) in [5.74, 6) is -0.0586. The highest BCUT2D eigenvalue weighted by atomic mass is 16.2. The number of imide groups is 1. The zero-order chi connectivity index (χ0) is 18.4. The minimum Gasteiger partial charge on any atom is -0.340 e. The Morgan fingerprint density at radius 2 is 2.04 bits per heavy atom. The van der Waals surface area contributed by atoms with E-state index >= 15 is 0 Å². The Kier molecular flexibility index (Phi) is 4.56. The van der Waals surface area contributed by atoms with Crippen molar-refractivity contribution in [3.8, 4) is 0 Å². The zero-order valence-electron chi connectivity index (χ0n) is 15.7. The zero-order valence-corrected chi connectivity index (χ0v) is 15.7. The minimum atomic E-state index is -0.841. The van der Waals surface area contributed by atoms with Crippen molar-refractivity contribution in [1.29, 1.82) is 0 Å². The van der Waals surface area contributed by atoms with Crippen LogP contribution in [0.25, 0.3) is 0 Å². The van der Waals surface area contributed by atoms with Crippen LogP contribution in [0.5, 0.6) is 0 Å². The van der Waals surface area contributed by atoms with Crippen molar-refractivity contribution in [3.05, 3.63) is 0 Å². The Hall–Kier alpha value is -1.63. The summed E-state index contributed by atoms with van der Waals surface area (Å²) < 4.78 is 0. The highest BCUT2D eigenvalue weighted by molar-refractivity contribution is 6.09. The molecule has 2 aliphatic heterocycles. The molecule has 140 valence electrons. The van der Waals surface area contributed by atoms with Gasteiger partial charge in [-0.2, -0.15) is 0 Å². The fourth-order valence-corrected chi connectivity index (χ4v) is 5.07. The van der Waals surface area contributed by atoms with Gasteiger partial charge in [-0.25, -0.2) is 4.79 Å². The van der Waals surface area contributed by atoms with E-state index in [0.717, 1.165) is 30.8 Å². The maximum Gasteiger partial charge on any atom is 0.325 e. The van der Waals surface area contributed by atoms with Crippen molar-refractivity contribution >= 4 is 17.8 Å². The van der Waals surface area contributed by atoms with Gasteiger partial charge in [-0.15, -0.1) is 0 Å². The molecule has 1 aliphatic carbocycles. The van der Waals surface area contributed by atoms with Crippen molar-refractivity contribution in [3.63, 3.8) is 0 Å². The van der Waals surface area contributed by atoms with E-state index in [-0.39, 0.29) is 29.8 Å². The molecule has 25 heavy (non-hydrogen) atoms. The van der Waals surface area contributed by atoms with Gasteiger partial charge in [-0.3, -0.25) is 14.5 Å². The second-order valence-electron chi connectivity index (χ2n) is 8.91. The lowest BCUT2D eigenvalue weighted by atomic mass is 9.64. The van der Waals surface area contributed by atoms with Crippen LogP contribution in [0.1, 0.15) is 46.5 Å². The summed E-state index contributed by atoms with van der Waals surface area (Å²) in [5.41, 5.74) is -0.848. The third kappa shape index (κ3) is 3.38. The molecule has 3 unspecified atom stereocenters. The normalized spacial score (nSPS) is 34.5. The Labute approximate surface area is 149 Å². The van der Waals surface area contributed by atoms with Crippen LogP contribution in [-0.4, -0.2) is 65.9 Å². The Morgan fingerprint density at radius 1 is 1.32 bits per heavy atom. The Morgan fingerprint density at radius 3 is 2.64 bits per heavy atom. The molecule has 4 amide bonds. The van der Waals surface area contributed by atoms with Crippen LogP contribution in [-0.2, 0) is 9.59 Å². The van der Waals surface area contributed by atoms with Crippen LogP contribution < -0.4 is 10.6 Å². The summed E-state index contributed by atoms with van der Waals surface area (Å²) in [6, 6.07) is -0.294. The minimum absolute atomic E-state index is 0.00701. The van der Waals surface area contributed by atoms with E-state index in [1.165, 1.54) is 0 Å². The van der Waals surface area contributed by atoms with Crippen LogP contribution in [0.2, 0.25) is 0 Å². The summed E-state index contributed by atoms with van der Waals surface area (Å²) in [6.07, 6.45) is 3.21. The first-order valence-corrected chi connectivity index (χ1v) is 9.24. The second kappa shape index (κ2) is 6.27. The van der Waals surface area contributed by atoms with Gasteiger partial charge in [-0.05, 0) is 43.6 Å². The number of amides is 4. The lowest BCUT2D eigenvalue weighted by Gasteiger charge is -2.43. The fraction of sp³-hybridized carbons (Fsp3) is 0.833. The van der Waals surface area contributed by atoms with Crippen LogP contribution in [0, 0.1) is 11.3 Å². The van der Waals surface area contributed by atoms with Crippen LogP contribution >= 0.6 is 0 Å². The summed E-state index contributed by atoms with van der Waals surface area (Å²) in [7, 11) is 1.75. The standard InChI is InChI=1S/C18H30N4O3/c1-12-7-17(2,3)11-18(8-12)15(24)22(16(25)20-18)10-14(23)21(4)13-5-6-19-9-13/h12-13,19H,5-11H2,1-4H3,(H,20,25). The molecule has 0 radical (unpaired) electrons. The molecular weight excluding hydrogens is 320 g/mol. The number of carbonyl (C=O) groups excluding carboxylic acids is 3. The van der Waals surface area contributed by atoms with Gasteiger partial charge in [0.2, 0.25) is 5.91 Å². The van der Waals surface area contributed by atoms with Crippen LogP contribution in [0.15, 0.2) is 0 Å². The molecule has 3 aliphatic rings. The summed E-state index contributed by atoms with van der Waals surface area (Å²) in [5, 5.41) is 6.15. The lowest BCUT2D eigenvalue weighted by molar-refractivity contribution is -0.141. The van der Waals surface area contributed by atoms with Crippen molar-refractivity contribution in [2.45, 2.75) is 58.0 Å². The Balaban J connectivity index is 1.72. The van der Waals surface area contributed by atoms with E-state index in [9.17, 15) is 14.4 Å². The van der Waals surface area contributed by atoms with Gasteiger partial charge in [0.1, 0.15) is 12.1 Å². The van der Waals surface area contributed by atoms with E-state index in [1.807, 2.05) is 0 Å². The smallest absolute Gasteiger partial charge is 0.325 e. The molecule has 7 heteroatoms. The van der Waals surface area contributed by atoms with E-state index in [1.54, 1.807) is 11.9 Å². The molecule has 3 fully saturated rings. The molecule has 7 nitrogen and oxygen atoms in total. The van der Waals surface area contributed by atoms with E-state index in [0.29, 0.717) is 18.8 Å². The number of hydrogen-bond acceptors (Lipinski definition) is 4. The molecule has 2 saturated heterocycles. The number of hydrogen-bond donors (Lipinski definition) is 2. The molecule has 1 saturated carbocycles. The average Bonchev–Trinajstić information content (AvgIpc) is 3.08. The Bertz CT molecular complexity index is 585. The number of nitrogens with one attached hydrogen (secondary N) is 2. The van der Waals surface area contributed by atoms with Gasteiger partial charge >= 0.3 is 6.03 Å². The summed E-state index contributed by atoms with van der Waals surface area (Å²) in [6.45, 7) is 7.88. The summed E-state index contributed by atoms with van der Waals surface area (Å²) >= 11 is 0. The molecule has 0 aromatic rings. The number of carbonyl (C=O) groups is 3. The number of urea groups is 1. The molecular formula is C18H30N4O3. The maximum absolute atomic E-state index is 13.1. The SMILES string of the molecule is CC1CC(C)(C)CC2(C1)NC(=O)N(CC(=O)N(C)C1CCNC1)C2=O. The number of likely N-dealkylation sites (N-methyl/N-ethyl adjacent to an activating group) is 1. The average molecular weight is 350 g/mol. The van der Waals surface area contributed by atoms with Crippen molar-refractivity contribution < 1.29 is 14.4 Å².